The van der Waals surface area contributed by atoms with Crippen molar-refractivity contribution in [3.63, 3.8) is 0 Å². The average Bonchev–Trinajstić information content (AvgIpc) is 2.01. The molecule has 0 N–H and O–H groups in total. The van der Waals surface area contributed by atoms with Crippen LogP contribution in [0.1, 0.15) is 19.4 Å². The molecule has 0 saturated heterocycles. The van der Waals surface area contributed by atoms with E-state index in [9.17, 15) is 4.39 Å². The number of hydrogen-bond donors (Lipinski definition) is 0. The van der Waals surface area contributed by atoms with E-state index in [2.05, 4.69) is 15.9 Å². The van der Waals surface area contributed by atoms with E-state index in [0.29, 0.717) is 6.42 Å². The first-order valence-electron chi connectivity index (χ1n) is 4.44. The Balaban J connectivity index is 2.87. The van der Waals surface area contributed by atoms with Crippen molar-refractivity contribution in [2.45, 2.75) is 25.9 Å². The van der Waals surface area contributed by atoms with E-state index in [4.69, 9.17) is 4.74 Å². The third-order valence-corrected chi connectivity index (χ3v) is 2.46. The highest BCUT2D eigenvalue weighted by atomic mass is 79.9. The minimum absolute atomic E-state index is 0.412. The molecule has 0 aliphatic carbocycles. The fourth-order valence-corrected chi connectivity index (χ4v) is 1.89. The van der Waals surface area contributed by atoms with E-state index >= 15 is 0 Å². The summed E-state index contributed by atoms with van der Waals surface area (Å²) in [7, 11) is 1.61. The molecule has 0 fully saturated rings. The minimum atomic E-state index is -1.17. The molecular formula is C11H14BrFO. The molecule has 0 aromatic heterocycles. The van der Waals surface area contributed by atoms with Gasteiger partial charge in [0.15, 0.2) is 0 Å². The Morgan fingerprint density at radius 2 is 2.07 bits per heavy atom. The first-order valence-corrected chi connectivity index (χ1v) is 5.23. The zero-order valence-electron chi connectivity index (χ0n) is 8.60. The van der Waals surface area contributed by atoms with Crippen LogP contribution in [0.4, 0.5) is 4.39 Å². The van der Waals surface area contributed by atoms with Gasteiger partial charge in [-0.25, -0.2) is 4.39 Å². The standard InChI is InChI=1S/C11H14BrFO/c1-11(2,13)7-8-4-5-10(14-3)9(12)6-8/h4-6H,7H2,1-3H3. The molecule has 1 aromatic rings. The van der Waals surface area contributed by atoms with Gasteiger partial charge in [0, 0.05) is 6.42 Å². The Morgan fingerprint density at radius 3 is 2.50 bits per heavy atom. The maximum atomic E-state index is 13.3. The molecule has 78 valence electrons. The van der Waals surface area contributed by atoms with Gasteiger partial charge < -0.3 is 4.74 Å². The molecule has 3 heteroatoms. The quantitative estimate of drug-likeness (QED) is 0.805. The van der Waals surface area contributed by atoms with Crippen molar-refractivity contribution in [1.29, 1.82) is 0 Å². The molecule has 14 heavy (non-hydrogen) atoms. The summed E-state index contributed by atoms with van der Waals surface area (Å²) in [5, 5.41) is 0. The van der Waals surface area contributed by atoms with Gasteiger partial charge in [0.05, 0.1) is 11.6 Å². The molecule has 0 bridgehead atoms. The van der Waals surface area contributed by atoms with Gasteiger partial charge in [0.1, 0.15) is 11.4 Å². The summed E-state index contributed by atoms with van der Waals surface area (Å²) < 4.78 is 19.3. The molecule has 0 amide bonds. The van der Waals surface area contributed by atoms with Gasteiger partial charge in [-0.2, -0.15) is 0 Å². The lowest BCUT2D eigenvalue weighted by Crippen LogP contribution is -2.15. The monoisotopic (exact) mass is 260 g/mol. The van der Waals surface area contributed by atoms with Gasteiger partial charge in [-0.05, 0) is 47.5 Å². The molecule has 0 aliphatic rings. The van der Waals surface area contributed by atoms with Crippen molar-refractivity contribution < 1.29 is 9.13 Å². The molecule has 0 unspecified atom stereocenters. The van der Waals surface area contributed by atoms with Gasteiger partial charge in [-0.1, -0.05) is 6.07 Å². The summed E-state index contributed by atoms with van der Waals surface area (Å²) in [6, 6.07) is 5.61. The lowest BCUT2D eigenvalue weighted by atomic mass is 10.0. The summed E-state index contributed by atoms with van der Waals surface area (Å²) in [6.07, 6.45) is 0.412. The Labute approximate surface area is 92.4 Å². The van der Waals surface area contributed by atoms with Crippen molar-refractivity contribution in [3.05, 3.63) is 28.2 Å². The normalized spacial score (nSPS) is 11.5. The average molecular weight is 261 g/mol. The maximum Gasteiger partial charge on any atom is 0.133 e. The lowest BCUT2D eigenvalue weighted by Gasteiger charge is -2.14. The van der Waals surface area contributed by atoms with Crippen LogP contribution in [0.5, 0.6) is 5.75 Å². The largest absolute Gasteiger partial charge is 0.496 e. The second-order valence-corrected chi connectivity index (χ2v) is 4.72. The molecule has 1 aromatic carbocycles. The number of methoxy groups -OCH3 is 1. The zero-order chi connectivity index (χ0) is 10.8. The van der Waals surface area contributed by atoms with Crippen LogP contribution < -0.4 is 4.74 Å². The molecule has 0 radical (unpaired) electrons. The molecule has 0 atom stereocenters. The fourth-order valence-electron chi connectivity index (χ4n) is 1.31. The molecule has 0 saturated carbocycles. The van der Waals surface area contributed by atoms with Crippen LogP contribution in [0, 0.1) is 0 Å². The van der Waals surface area contributed by atoms with Gasteiger partial charge in [-0.15, -0.1) is 0 Å². The smallest absolute Gasteiger partial charge is 0.133 e. The number of hydrogen-bond acceptors (Lipinski definition) is 1. The Hall–Kier alpha value is -0.570. The Kier molecular flexibility index (Phi) is 3.53. The van der Waals surface area contributed by atoms with E-state index in [-0.39, 0.29) is 0 Å². The van der Waals surface area contributed by atoms with Gasteiger partial charge >= 0.3 is 0 Å². The summed E-state index contributed by atoms with van der Waals surface area (Å²) in [6.45, 7) is 3.15. The van der Waals surface area contributed by atoms with E-state index in [1.165, 1.54) is 0 Å². The topological polar surface area (TPSA) is 9.23 Å². The second-order valence-electron chi connectivity index (χ2n) is 3.86. The van der Waals surface area contributed by atoms with Gasteiger partial charge in [0.25, 0.3) is 0 Å². The number of ether oxygens (including phenoxy) is 1. The highest BCUT2D eigenvalue weighted by Gasteiger charge is 2.16. The van der Waals surface area contributed by atoms with Crippen molar-refractivity contribution in [3.8, 4) is 5.75 Å². The first-order chi connectivity index (χ1) is 6.42. The third kappa shape index (κ3) is 3.29. The van der Waals surface area contributed by atoms with Crippen molar-refractivity contribution >= 4 is 15.9 Å². The van der Waals surface area contributed by atoms with E-state index < -0.39 is 5.67 Å². The molecule has 1 rings (SSSR count). The molecular weight excluding hydrogens is 247 g/mol. The number of alkyl halides is 1. The van der Waals surface area contributed by atoms with Crippen LogP contribution in [0.25, 0.3) is 0 Å². The summed E-state index contributed by atoms with van der Waals surface area (Å²) in [5.74, 6) is 0.769. The van der Waals surface area contributed by atoms with Gasteiger partial charge in [-0.3, -0.25) is 0 Å². The lowest BCUT2D eigenvalue weighted by molar-refractivity contribution is 0.217. The zero-order valence-corrected chi connectivity index (χ0v) is 10.2. The minimum Gasteiger partial charge on any atom is -0.496 e. The molecule has 0 heterocycles. The van der Waals surface area contributed by atoms with E-state index in [1.54, 1.807) is 21.0 Å². The van der Waals surface area contributed by atoms with Gasteiger partial charge in [0.2, 0.25) is 0 Å². The summed E-state index contributed by atoms with van der Waals surface area (Å²) in [5.41, 5.74) is -0.209. The van der Waals surface area contributed by atoms with Crippen molar-refractivity contribution in [1.82, 2.24) is 0 Å². The van der Waals surface area contributed by atoms with Crippen LogP contribution in [0.15, 0.2) is 22.7 Å². The van der Waals surface area contributed by atoms with Crippen molar-refractivity contribution in [2.75, 3.05) is 7.11 Å². The maximum absolute atomic E-state index is 13.3. The molecule has 0 spiro atoms. The fraction of sp³-hybridized carbons (Fsp3) is 0.455. The molecule has 1 nitrogen and oxygen atoms in total. The highest BCUT2D eigenvalue weighted by Crippen LogP contribution is 2.27. The Morgan fingerprint density at radius 1 is 1.43 bits per heavy atom. The van der Waals surface area contributed by atoms with Crippen LogP contribution in [0.2, 0.25) is 0 Å². The van der Waals surface area contributed by atoms with Crippen LogP contribution >= 0.6 is 15.9 Å². The molecule has 0 aliphatic heterocycles. The third-order valence-electron chi connectivity index (χ3n) is 1.84. The predicted molar refractivity (Wildman–Crippen MR) is 59.6 cm³/mol. The van der Waals surface area contributed by atoms with Crippen LogP contribution in [0.3, 0.4) is 0 Å². The van der Waals surface area contributed by atoms with E-state index in [0.717, 1.165) is 15.8 Å². The highest BCUT2D eigenvalue weighted by molar-refractivity contribution is 9.10. The number of benzene rings is 1. The number of rotatable bonds is 3. The summed E-state index contributed by atoms with van der Waals surface area (Å²) >= 11 is 3.37. The van der Waals surface area contributed by atoms with Crippen molar-refractivity contribution in [2.24, 2.45) is 0 Å². The second kappa shape index (κ2) is 4.30. The number of halogens is 2. The van der Waals surface area contributed by atoms with Crippen LogP contribution in [-0.4, -0.2) is 12.8 Å². The predicted octanol–water partition coefficient (Wildman–Crippen LogP) is 3.75. The first kappa shape index (κ1) is 11.5. The van der Waals surface area contributed by atoms with E-state index in [1.807, 2.05) is 18.2 Å². The summed E-state index contributed by atoms with van der Waals surface area (Å²) in [4.78, 5) is 0. The van der Waals surface area contributed by atoms with Crippen LogP contribution in [-0.2, 0) is 6.42 Å². The Bertz CT molecular complexity index is 318. The SMILES string of the molecule is COc1ccc(CC(C)(C)F)cc1Br.